The van der Waals surface area contributed by atoms with Gasteiger partial charge in [-0.2, -0.15) is 13.2 Å². The predicted molar refractivity (Wildman–Crippen MR) is 45.9 cm³/mol. The molecule has 0 aliphatic heterocycles. The van der Waals surface area contributed by atoms with E-state index in [0.29, 0.717) is 5.56 Å². The Balaban J connectivity index is 2.36. The Morgan fingerprint density at radius 1 is 1.29 bits per heavy atom. The number of pyridine rings is 1. The molecular formula is C10H10F3N. The molecule has 0 amide bonds. The second-order valence-corrected chi connectivity index (χ2v) is 3.77. The van der Waals surface area contributed by atoms with E-state index in [-0.39, 0.29) is 12.8 Å². The van der Waals surface area contributed by atoms with Gasteiger partial charge in [-0.3, -0.25) is 4.98 Å². The summed E-state index contributed by atoms with van der Waals surface area (Å²) in [5, 5.41) is 0. The summed E-state index contributed by atoms with van der Waals surface area (Å²) in [4.78, 5) is 3.90. The number of halogens is 3. The van der Waals surface area contributed by atoms with Gasteiger partial charge in [-0.25, -0.2) is 0 Å². The molecule has 76 valence electrons. The number of alkyl halides is 3. The average molecular weight is 201 g/mol. The number of aryl methyl sites for hydroxylation is 1. The van der Waals surface area contributed by atoms with E-state index in [1.54, 1.807) is 13.0 Å². The summed E-state index contributed by atoms with van der Waals surface area (Å²) in [6.07, 6.45) is -2.40. The van der Waals surface area contributed by atoms with Crippen molar-refractivity contribution in [2.75, 3.05) is 0 Å². The van der Waals surface area contributed by atoms with Crippen LogP contribution in [0, 0.1) is 6.92 Å². The van der Waals surface area contributed by atoms with Crippen LogP contribution in [0.3, 0.4) is 0 Å². The van der Waals surface area contributed by atoms with Gasteiger partial charge in [0.15, 0.2) is 0 Å². The van der Waals surface area contributed by atoms with Gasteiger partial charge >= 0.3 is 6.18 Å². The first-order valence-corrected chi connectivity index (χ1v) is 4.46. The molecule has 0 spiro atoms. The van der Waals surface area contributed by atoms with Crippen molar-refractivity contribution >= 4 is 0 Å². The lowest BCUT2D eigenvalue weighted by atomic mass is 9.97. The van der Waals surface area contributed by atoms with E-state index < -0.39 is 11.6 Å². The van der Waals surface area contributed by atoms with Crippen LogP contribution in [0.15, 0.2) is 18.3 Å². The molecule has 2 rings (SSSR count). The standard InChI is InChI=1S/C10H10F3N/c1-7-2-3-8(6-14-7)9(4-5-9)10(11,12)13/h2-3,6H,4-5H2,1H3. The number of hydrogen-bond acceptors (Lipinski definition) is 1. The summed E-state index contributed by atoms with van der Waals surface area (Å²) in [6.45, 7) is 1.76. The zero-order valence-corrected chi connectivity index (χ0v) is 7.73. The second kappa shape index (κ2) is 2.72. The van der Waals surface area contributed by atoms with Crippen LogP contribution in [-0.4, -0.2) is 11.2 Å². The lowest BCUT2D eigenvalue weighted by Crippen LogP contribution is -2.28. The van der Waals surface area contributed by atoms with Crippen molar-refractivity contribution in [2.24, 2.45) is 0 Å². The molecule has 0 bridgehead atoms. The van der Waals surface area contributed by atoms with Gasteiger partial charge < -0.3 is 0 Å². The first kappa shape index (κ1) is 9.49. The van der Waals surface area contributed by atoms with Gasteiger partial charge in [-0.1, -0.05) is 6.07 Å². The molecule has 14 heavy (non-hydrogen) atoms. The molecule has 0 radical (unpaired) electrons. The van der Waals surface area contributed by atoms with E-state index in [9.17, 15) is 13.2 Å². The maximum absolute atomic E-state index is 12.7. The molecule has 1 aromatic heterocycles. The van der Waals surface area contributed by atoms with Crippen molar-refractivity contribution in [3.63, 3.8) is 0 Å². The molecule has 1 heterocycles. The van der Waals surface area contributed by atoms with Crippen LogP contribution in [0.5, 0.6) is 0 Å². The number of hydrogen-bond donors (Lipinski definition) is 0. The molecular weight excluding hydrogens is 191 g/mol. The highest BCUT2D eigenvalue weighted by Crippen LogP contribution is 2.58. The molecule has 0 unspecified atom stereocenters. The monoisotopic (exact) mass is 201 g/mol. The van der Waals surface area contributed by atoms with E-state index in [1.807, 2.05) is 0 Å². The van der Waals surface area contributed by atoms with Crippen molar-refractivity contribution in [2.45, 2.75) is 31.4 Å². The maximum Gasteiger partial charge on any atom is 0.398 e. The lowest BCUT2D eigenvalue weighted by Gasteiger charge is -2.19. The van der Waals surface area contributed by atoms with Crippen LogP contribution in [0.25, 0.3) is 0 Å². The minimum atomic E-state index is -4.13. The second-order valence-electron chi connectivity index (χ2n) is 3.77. The Labute approximate surface area is 80.0 Å². The van der Waals surface area contributed by atoms with Crippen LogP contribution < -0.4 is 0 Å². The normalized spacial score (nSPS) is 19.4. The summed E-state index contributed by atoms with van der Waals surface area (Å²) in [7, 11) is 0. The summed E-state index contributed by atoms with van der Waals surface area (Å²) < 4.78 is 38.0. The Hall–Kier alpha value is -1.06. The Morgan fingerprint density at radius 3 is 2.29 bits per heavy atom. The summed E-state index contributed by atoms with van der Waals surface area (Å²) in [6, 6.07) is 3.16. The summed E-state index contributed by atoms with van der Waals surface area (Å²) in [5.74, 6) is 0. The van der Waals surface area contributed by atoms with Crippen molar-refractivity contribution in [1.29, 1.82) is 0 Å². The average Bonchev–Trinajstić information content (AvgIpc) is 2.84. The fourth-order valence-electron chi connectivity index (χ4n) is 1.61. The van der Waals surface area contributed by atoms with Crippen molar-refractivity contribution in [3.8, 4) is 0 Å². The highest BCUT2D eigenvalue weighted by Gasteiger charge is 2.64. The zero-order valence-electron chi connectivity index (χ0n) is 7.73. The molecule has 0 atom stereocenters. The fraction of sp³-hybridized carbons (Fsp3) is 0.500. The number of nitrogens with zero attached hydrogens (tertiary/aromatic N) is 1. The molecule has 1 aromatic rings. The first-order chi connectivity index (χ1) is 6.46. The van der Waals surface area contributed by atoms with Gasteiger partial charge in [-0.15, -0.1) is 0 Å². The Kier molecular flexibility index (Phi) is 1.84. The van der Waals surface area contributed by atoms with Crippen LogP contribution in [0.4, 0.5) is 13.2 Å². The third-order valence-electron chi connectivity index (χ3n) is 2.76. The van der Waals surface area contributed by atoms with Gasteiger partial charge in [-0.05, 0) is 31.4 Å². The van der Waals surface area contributed by atoms with Gasteiger partial charge in [0.2, 0.25) is 0 Å². The molecule has 0 saturated heterocycles. The van der Waals surface area contributed by atoms with Gasteiger partial charge in [0.05, 0.1) is 5.41 Å². The lowest BCUT2D eigenvalue weighted by molar-refractivity contribution is -0.160. The number of rotatable bonds is 1. The van der Waals surface area contributed by atoms with Crippen molar-refractivity contribution in [1.82, 2.24) is 4.98 Å². The van der Waals surface area contributed by atoms with Crippen LogP contribution >= 0.6 is 0 Å². The van der Waals surface area contributed by atoms with E-state index in [0.717, 1.165) is 5.69 Å². The fourth-order valence-corrected chi connectivity index (χ4v) is 1.61. The molecule has 0 aromatic carbocycles. The largest absolute Gasteiger partial charge is 0.398 e. The molecule has 1 nitrogen and oxygen atoms in total. The molecule has 0 N–H and O–H groups in total. The van der Waals surface area contributed by atoms with Crippen molar-refractivity contribution in [3.05, 3.63) is 29.6 Å². The third kappa shape index (κ3) is 1.29. The molecule has 4 heteroatoms. The predicted octanol–water partition coefficient (Wildman–Crippen LogP) is 2.98. The topological polar surface area (TPSA) is 12.9 Å². The first-order valence-electron chi connectivity index (χ1n) is 4.46. The smallest absolute Gasteiger partial charge is 0.261 e. The number of aromatic nitrogens is 1. The van der Waals surface area contributed by atoms with Gasteiger partial charge in [0, 0.05) is 11.9 Å². The third-order valence-corrected chi connectivity index (χ3v) is 2.76. The summed E-state index contributed by atoms with van der Waals surface area (Å²) in [5.41, 5.74) is -0.546. The Morgan fingerprint density at radius 2 is 1.93 bits per heavy atom. The molecule has 1 aliphatic carbocycles. The minimum Gasteiger partial charge on any atom is -0.261 e. The molecule has 1 fully saturated rings. The van der Waals surface area contributed by atoms with Crippen molar-refractivity contribution < 1.29 is 13.2 Å². The highest BCUT2D eigenvalue weighted by molar-refractivity contribution is 5.32. The van der Waals surface area contributed by atoms with E-state index in [1.165, 1.54) is 12.3 Å². The molecule has 1 saturated carbocycles. The van der Waals surface area contributed by atoms with Crippen LogP contribution in [0.2, 0.25) is 0 Å². The van der Waals surface area contributed by atoms with E-state index >= 15 is 0 Å². The maximum atomic E-state index is 12.7. The van der Waals surface area contributed by atoms with Crippen LogP contribution in [0.1, 0.15) is 24.1 Å². The molecule has 1 aliphatic rings. The Bertz CT molecular complexity index is 335. The van der Waals surface area contributed by atoms with E-state index in [4.69, 9.17) is 0 Å². The van der Waals surface area contributed by atoms with Crippen LogP contribution in [-0.2, 0) is 5.41 Å². The summed E-state index contributed by atoms with van der Waals surface area (Å²) >= 11 is 0. The van der Waals surface area contributed by atoms with E-state index in [2.05, 4.69) is 4.98 Å². The zero-order chi connectivity index (χ0) is 10.4. The van der Waals surface area contributed by atoms with Gasteiger partial charge in [0.25, 0.3) is 0 Å². The highest BCUT2D eigenvalue weighted by atomic mass is 19.4. The van der Waals surface area contributed by atoms with Gasteiger partial charge in [0.1, 0.15) is 0 Å². The SMILES string of the molecule is Cc1ccc(C2(C(F)(F)F)CC2)cn1. The minimum absolute atomic E-state index is 0.196. The quantitative estimate of drug-likeness (QED) is 0.680.